The van der Waals surface area contributed by atoms with E-state index in [0.29, 0.717) is 0 Å². The van der Waals surface area contributed by atoms with Crippen LogP contribution in [-0.2, 0) is 56.7 Å². The molecule has 0 aliphatic carbocycles. The van der Waals surface area contributed by atoms with E-state index in [1.54, 1.807) is 24.3 Å². The molecule has 0 radical (unpaired) electrons. The molecule has 1 fully saturated rings. The highest BCUT2D eigenvalue weighted by atomic mass is 32.2. The Balaban J connectivity index is 1.30. The Hall–Kier alpha value is -4.48. The average Bonchev–Trinajstić information content (AvgIpc) is 3.21. The predicted molar refractivity (Wildman–Crippen MR) is 216 cm³/mol. The third-order valence-corrected chi connectivity index (χ3v) is 12.4. The van der Waals surface area contributed by atoms with Gasteiger partial charge in [0.05, 0.1) is 49.4 Å². The fourth-order valence-electron chi connectivity index (χ4n) is 6.23. The summed E-state index contributed by atoms with van der Waals surface area (Å²) in [7, 11) is -8.12. The van der Waals surface area contributed by atoms with Gasteiger partial charge in [-0.1, -0.05) is 96.1 Å². The molecule has 2 N–H and O–H groups in total. The van der Waals surface area contributed by atoms with E-state index >= 15 is 0 Å². The molecular formula is C42H52N4O9S2. The van der Waals surface area contributed by atoms with Crippen LogP contribution in [0.5, 0.6) is 0 Å². The Bertz CT molecular complexity index is 1940. The van der Waals surface area contributed by atoms with Gasteiger partial charge in [0.2, 0.25) is 31.9 Å². The van der Waals surface area contributed by atoms with E-state index in [4.69, 9.17) is 14.2 Å². The van der Waals surface area contributed by atoms with Crippen molar-refractivity contribution >= 4 is 31.9 Å². The maximum Gasteiger partial charge on any atom is 0.241 e. The van der Waals surface area contributed by atoms with Crippen molar-refractivity contribution in [2.24, 2.45) is 0 Å². The lowest BCUT2D eigenvalue weighted by molar-refractivity contribution is -0.134. The van der Waals surface area contributed by atoms with E-state index in [0.717, 1.165) is 22.3 Å². The second kappa shape index (κ2) is 21.3. The van der Waals surface area contributed by atoms with Gasteiger partial charge in [-0.15, -0.1) is 0 Å². The van der Waals surface area contributed by atoms with Crippen molar-refractivity contribution in [2.75, 3.05) is 65.8 Å². The number of ether oxygens (including phenoxy) is 3. The van der Waals surface area contributed by atoms with Gasteiger partial charge in [0, 0.05) is 26.2 Å². The molecule has 0 spiro atoms. The van der Waals surface area contributed by atoms with E-state index in [9.17, 15) is 26.4 Å². The molecule has 5 rings (SSSR count). The molecule has 0 bridgehead atoms. The summed E-state index contributed by atoms with van der Waals surface area (Å²) >= 11 is 0. The monoisotopic (exact) mass is 820 g/mol. The number of aryl methyl sites for hydroxylation is 2. The van der Waals surface area contributed by atoms with Crippen LogP contribution in [0.15, 0.2) is 119 Å². The van der Waals surface area contributed by atoms with Crippen LogP contribution in [-0.4, -0.2) is 116 Å². The number of nitrogens with one attached hydrogen (secondary N) is 2. The fourth-order valence-corrected chi connectivity index (χ4v) is 8.61. The van der Waals surface area contributed by atoms with Gasteiger partial charge in [0.1, 0.15) is 12.1 Å². The standard InChI is InChI=1S/C42H52N4O9S2/c1-33-13-17-37(18-14-33)56(49,50)43-39(31-35-9-5-3-6-10-35)41(47)45-21-25-53-26-22-46(24-28-55-30-29-54-27-23-45)42(48)40(32-36-11-7-4-8-12-36)44-57(51,52)38-19-15-34(2)16-20-38/h3-20,39-40,43-44H,21-32H2,1-2H3/t39-,40+. The minimum absolute atomic E-state index is 0.0516. The molecule has 57 heavy (non-hydrogen) atoms. The van der Waals surface area contributed by atoms with Crippen LogP contribution >= 0.6 is 0 Å². The third kappa shape index (κ3) is 13.6. The fraction of sp³-hybridized carbons (Fsp3) is 0.381. The lowest BCUT2D eigenvalue weighted by atomic mass is 10.1. The number of carbonyl (C=O) groups is 2. The highest BCUT2D eigenvalue weighted by Crippen LogP contribution is 2.16. The minimum Gasteiger partial charge on any atom is -0.378 e. The normalized spacial score (nSPS) is 16.5. The number of sulfonamides is 2. The smallest absolute Gasteiger partial charge is 0.241 e. The Morgan fingerprint density at radius 3 is 1.16 bits per heavy atom. The SMILES string of the molecule is Cc1ccc(S(=O)(=O)N[C@@H](Cc2ccccc2)C(=O)N2CCOCCOCCN(C(=O)[C@@H](Cc3ccccc3)NS(=O)(=O)c3ccc(C)cc3)CCOCC2)cc1. The molecule has 13 nitrogen and oxygen atoms in total. The Morgan fingerprint density at radius 1 is 0.509 bits per heavy atom. The average molecular weight is 821 g/mol. The molecular weight excluding hydrogens is 769 g/mol. The van der Waals surface area contributed by atoms with Crippen molar-refractivity contribution in [3.63, 3.8) is 0 Å². The zero-order valence-electron chi connectivity index (χ0n) is 32.4. The van der Waals surface area contributed by atoms with Crippen LogP contribution in [0.25, 0.3) is 0 Å². The molecule has 1 heterocycles. The summed E-state index contributed by atoms with van der Waals surface area (Å²) in [6, 6.07) is 28.9. The summed E-state index contributed by atoms with van der Waals surface area (Å²) in [4.78, 5) is 31.6. The molecule has 0 unspecified atom stereocenters. The Labute approximate surface area is 336 Å². The molecule has 0 saturated carbocycles. The molecule has 2 atom stereocenters. The third-order valence-electron chi connectivity index (χ3n) is 9.44. The summed E-state index contributed by atoms with van der Waals surface area (Å²) in [5.74, 6) is -0.882. The summed E-state index contributed by atoms with van der Waals surface area (Å²) in [6.45, 7) is 5.25. The first-order valence-electron chi connectivity index (χ1n) is 19.0. The van der Waals surface area contributed by atoms with Crippen LogP contribution in [0.4, 0.5) is 0 Å². The van der Waals surface area contributed by atoms with Gasteiger partial charge in [-0.2, -0.15) is 9.44 Å². The van der Waals surface area contributed by atoms with Gasteiger partial charge < -0.3 is 24.0 Å². The number of nitrogens with zero attached hydrogens (tertiary/aromatic N) is 2. The van der Waals surface area contributed by atoms with Gasteiger partial charge in [-0.25, -0.2) is 16.8 Å². The second-order valence-corrected chi connectivity index (χ2v) is 17.3. The van der Waals surface area contributed by atoms with Gasteiger partial charge in [-0.3, -0.25) is 9.59 Å². The zero-order valence-corrected chi connectivity index (χ0v) is 34.1. The van der Waals surface area contributed by atoms with Gasteiger partial charge >= 0.3 is 0 Å². The molecule has 2 amide bonds. The second-order valence-electron chi connectivity index (χ2n) is 13.8. The van der Waals surface area contributed by atoms with Gasteiger partial charge in [-0.05, 0) is 62.1 Å². The van der Waals surface area contributed by atoms with Gasteiger partial charge in [0.15, 0.2) is 0 Å². The first-order chi connectivity index (χ1) is 27.4. The predicted octanol–water partition coefficient (Wildman–Crippen LogP) is 3.50. The van der Waals surface area contributed by atoms with E-state index < -0.39 is 43.9 Å². The van der Waals surface area contributed by atoms with Crippen molar-refractivity contribution in [3.8, 4) is 0 Å². The Kier molecular flexibility index (Phi) is 16.3. The molecule has 1 saturated heterocycles. The van der Waals surface area contributed by atoms with Crippen LogP contribution in [0.1, 0.15) is 22.3 Å². The van der Waals surface area contributed by atoms with Crippen LogP contribution in [0, 0.1) is 13.8 Å². The summed E-state index contributed by atoms with van der Waals surface area (Å²) < 4.78 is 77.0. The maximum absolute atomic E-state index is 14.2. The molecule has 0 aromatic heterocycles. The molecule has 306 valence electrons. The number of benzene rings is 4. The van der Waals surface area contributed by atoms with Crippen molar-refractivity contribution in [2.45, 2.75) is 48.6 Å². The van der Waals surface area contributed by atoms with Crippen molar-refractivity contribution < 1.29 is 40.6 Å². The van der Waals surface area contributed by atoms with E-state index in [2.05, 4.69) is 9.44 Å². The zero-order chi connectivity index (χ0) is 40.7. The molecule has 15 heteroatoms. The lowest BCUT2D eigenvalue weighted by Gasteiger charge is -2.29. The largest absolute Gasteiger partial charge is 0.378 e. The van der Waals surface area contributed by atoms with Crippen LogP contribution in [0.3, 0.4) is 0 Å². The van der Waals surface area contributed by atoms with Crippen LogP contribution < -0.4 is 9.44 Å². The highest BCUT2D eigenvalue weighted by molar-refractivity contribution is 7.89. The first kappa shape index (κ1) is 43.6. The summed E-state index contributed by atoms with van der Waals surface area (Å²) in [5, 5.41) is 0. The lowest BCUT2D eigenvalue weighted by Crippen LogP contribution is -2.51. The van der Waals surface area contributed by atoms with Gasteiger partial charge in [0.25, 0.3) is 0 Å². The highest BCUT2D eigenvalue weighted by Gasteiger charge is 2.31. The van der Waals surface area contributed by atoms with Crippen LogP contribution in [0.2, 0.25) is 0 Å². The number of amides is 2. The van der Waals surface area contributed by atoms with Crippen molar-refractivity contribution in [1.29, 1.82) is 0 Å². The number of carbonyl (C=O) groups excluding carboxylic acids is 2. The van der Waals surface area contributed by atoms with E-state index in [1.165, 1.54) is 34.1 Å². The minimum atomic E-state index is -4.06. The topological polar surface area (TPSA) is 161 Å². The number of rotatable bonds is 12. The summed E-state index contributed by atoms with van der Waals surface area (Å²) in [6.07, 6.45) is 0.234. The van der Waals surface area contributed by atoms with E-state index in [1.807, 2.05) is 74.5 Å². The number of hydrogen-bond donors (Lipinski definition) is 2. The maximum atomic E-state index is 14.2. The summed E-state index contributed by atoms with van der Waals surface area (Å²) in [5.41, 5.74) is 3.36. The molecule has 1 aliphatic rings. The van der Waals surface area contributed by atoms with Crippen molar-refractivity contribution in [3.05, 3.63) is 131 Å². The van der Waals surface area contributed by atoms with Crippen molar-refractivity contribution in [1.82, 2.24) is 19.2 Å². The first-order valence-corrected chi connectivity index (χ1v) is 21.9. The molecule has 4 aromatic rings. The number of hydrogen-bond acceptors (Lipinski definition) is 9. The Morgan fingerprint density at radius 2 is 0.825 bits per heavy atom. The van der Waals surface area contributed by atoms with E-state index in [-0.39, 0.29) is 88.5 Å². The molecule has 4 aromatic carbocycles. The quantitative estimate of drug-likeness (QED) is 0.218. The molecule has 1 aliphatic heterocycles.